The van der Waals surface area contributed by atoms with E-state index in [2.05, 4.69) is 5.32 Å². The third kappa shape index (κ3) is 5.99. The number of carbonyl (C=O) groups excluding carboxylic acids is 1. The summed E-state index contributed by atoms with van der Waals surface area (Å²) < 4.78 is 15.8. The molecular formula is C30H30FN3O4. The second kappa shape index (κ2) is 11.9. The predicted molar refractivity (Wildman–Crippen MR) is 145 cm³/mol. The fourth-order valence-corrected chi connectivity index (χ4v) is 4.66. The number of carbonyl (C=O) groups is 2. The van der Waals surface area contributed by atoms with E-state index in [1.807, 2.05) is 53.1 Å². The number of carboxylic acids is 1. The van der Waals surface area contributed by atoms with E-state index in [1.54, 1.807) is 31.2 Å². The Kier molecular flexibility index (Phi) is 8.35. The molecule has 1 heterocycles. The molecule has 0 aliphatic carbocycles. The Hall–Kier alpha value is -4.27. The number of halogens is 1. The molecule has 8 heteroatoms. The molecule has 1 amide bonds. The Morgan fingerprint density at radius 1 is 0.947 bits per heavy atom. The number of benzene rings is 3. The highest BCUT2D eigenvalue weighted by atomic mass is 19.1. The van der Waals surface area contributed by atoms with Crippen LogP contribution in [0.5, 0.6) is 0 Å². The van der Waals surface area contributed by atoms with Crippen molar-refractivity contribution in [1.82, 2.24) is 4.57 Å². The van der Waals surface area contributed by atoms with E-state index in [0.717, 1.165) is 5.56 Å². The maximum Gasteiger partial charge on any atom is 0.305 e. The van der Waals surface area contributed by atoms with Gasteiger partial charge in [-0.25, -0.2) is 4.39 Å². The quantitative estimate of drug-likeness (QED) is 0.224. The van der Waals surface area contributed by atoms with Crippen LogP contribution in [-0.4, -0.2) is 32.8 Å². The van der Waals surface area contributed by atoms with Crippen LogP contribution < -0.4 is 11.1 Å². The lowest BCUT2D eigenvalue weighted by Gasteiger charge is -2.18. The largest absolute Gasteiger partial charge is 0.481 e. The molecule has 3 aromatic carbocycles. The molecule has 0 spiro atoms. The van der Waals surface area contributed by atoms with E-state index in [-0.39, 0.29) is 18.9 Å². The lowest BCUT2D eigenvalue weighted by molar-refractivity contribution is -0.139. The maximum atomic E-state index is 13.9. The van der Waals surface area contributed by atoms with Crippen molar-refractivity contribution in [3.05, 3.63) is 102 Å². The molecule has 2 unspecified atom stereocenters. The van der Waals surface area contributed by atoms with Gasteiger partial charge in [0.05, 0.1) is 23.8 Å². The summed E-state index contributed by atoms with van der Waals surface area (Å²) in [7, 11) is 0. The first-order valence-corrected chi connectivity index (χ1v) is 12.4. The third-order valence-corrected chi connectivity index (χ3v) is 6.27. The first-order valence-electron chi connectivity index (χ1n) is 12.4. The molecule has 0 aliphatic rings. The first kappa shape index (κ1) is 26.8. The summed E-state index contributed by atoms with van der Waals surface area (Å²) in [6.45, 7) is 1.96. The molecule has 0 saturated heterocycles. The number of para-hydroxylation sites is 1. The SMILES string of the molecule is CC(N)c1c(C(=O)Nc2ccccc2)c(-c2ccccc2)c(-c2ccc(F)cc2)n1CCC(O)CC(=O)O. The van der Waals surface area contributed by atoms with Crippen molar-refractivity contribution in [2.75, 3.05) is 5.32 Å². The third-order valence-electron chi connectivity index (χ3n) is 6.27. The van der Waals surface area contributed by atoms with Gasteiger partial charge in [0.25, 0.3) is 5.91 Å². The smallest absolute Gasteiger partial charge is 0.305 e. The van der Waals surface area contributed by atoms with Crippen molar-refractivity contribution >= 4 is 17.6 Å². The Labute approximate surface area is 220 Å². The number of hydrogen-bond donors (Lipinski definition) is 4. The number of hydrogen-bond acceptors (Lipinski definition) is 4. The molecule has 5 N–H and O–H groups in total. The molecule has 0 saturated carbocycles. The van der Waals surface area contributed by atoms with Crippen LogP contribution in [-0.2, 0) is 11.3 Å². The van der Waals surface area contributed by atoms with Gasteiger partial charge in [-0.05, 0) is 60.9 Å². The number of anilines is 1. The van der Waals surface area contributed by atoms with Crippen LogP contribution in [0.2, 0.25) is 0 Å². The zero-order chi connectivity index (χ0) is 27.2. The molecule has 7 nitrogen and oxygen atoms in total. The van der Waals surface area contributed by atoms with Crippen LogP contribution in [0.3, 0.4) is 0 Å². The van der Waals surface area contributed by atoms with Crippen molar-refractivity contribution in [1.29, 1.82) is 0 Å². The van der Waals surface area contributed by atoms with Gasteiger partial charge in [-0.15, -0.1) is 0 Å². The number of aliphatic hydroxyl groups is 1. The zero-order valence-electron chi connectivity index (χ0n) is 21.0. The average molecular weight is 516 g/mol. The number of amides is 1. The van der Waals surface area contributed by atoms with E-state index in [1.165, 1.54) is 12.1 Å². The molecule has 0 bridgehead atoms. The highest BCUT2D eigenvalue weighted by molar-refractivity contribution is 6.12. The van der Waals surface area contributed by atoms with Gasteiger partial charge in [0.15, 0.2) is 0 Å². The molecule has 0 aliphatic heterocycles. The summed E-state index contributed by atoms with van der Waals surface area (Å²) in [4.78, 5) is 25.0. The number of aliphatic carboxylic acids is 1. The van der Waals surface area contributed by atoms with Gasteiger partial charge in [-0.3, -0.25) is 9.59 Å². The van der Waals surface area contributed by atoms with Crippen LogP contribution in [0.1, 0.15) is 41.9 Å². The number of aliphatic hydroxyl groups excluding tert-OH is 1. The number of nitrogens with two attached hydrogens (primary N) is 1. The summed E-state index contributed by atoms with van der Waals surface area (Å²) in [5.41, 5.74) is 10.6. The minimum Gasteiger partial charge on any atom is -0.481 e. The molecule has 38 heavy (non-hydrogen) atoms. The Morgan fingerprint density at radius 2 is 1.55 bits per heavy atom. The summed E-state index contributed by atoms with van der Waals surface area (Å²) in [6.07, 6.45) is -1.39. The molecule has 4 aromatic rings. The highest BCUT2D eigenvalue weighted by Gasteiger charge is 2.31. The fourth-order valence-electron chi connectivity index (χ4n) is 4.66. The Morgan fingerprint density at radius 3 is 2.13 bits per heavy atom. The van der Waals surface area contributed by atoms with Crippen LogP contribution in [0, 0.1) is 5.82 Å². The number of carboxylic acid groups (broad SMARTS) is 1. The van der Waals surface area contributed by atoms with Crippen molar-refractivity contribution < 1.29 is 24.2 Å². The van der Waals surface area contributed by atoms with E-state index >= 15 is 0 Å². The summed E-state index contributed by atoms with van der Waals surface area (Å²) >= 11 is 0. The second-order valence-corrected chi connectivity index (χ2v) is 9.16. The van der Waals surface area contributed by atoms with Crippen molar-refractivity contribution in [2.24, 2.45) is 5.73 Å². The van der Waals surface area contributed by atoms with E-state index in [4.69, 9.17) is 10.8 Å². The minimum absolute atomic E-state index is 0.114. The van der Waals surface area contributed by atoms with Crippen LogP contribution in [0.25, 0.3) is 22.4 Å². The molecule has 2 atom stereocenters. The minimum atomic E-state index is -1.11. The van der Waals surface area contributed by atoms with Gasteiger partial charge in [0.1, 0.15) is 5.82 Å². The number of aromatic nitrogens is 1. The second-order valence-electron chi connectivity index (χ2n) is 9.16. The lowest BCUT2D eigenvalue weighted by Crippen LogP contribution is -2.22. The predicted octanol–water partition coefficient (Wildman–Crippen LogP) is 5.46. The monoisotopic (exact) mass is 515 g/mol. The van der Waals surface area contributed by atoms with Crippen molar-refractivity contribution in [3.63, 3.8) is 0 Å². The highest BCUT2D eigenvalue weighted by Crippen LogP contribution is 2.42. The number of rotatable bonds is 10. The molecular weight excluding hydrogens is 485 g/mol. The zero-order valence-corrected chi connectivity index (χ0v) is 21.0. The Bertz CT molecular complexity index is 1400. The summed E-state index contributed by atoms with van der Waals surface area (Å²) in [5, 5.41) is 22.4. The van der Waals surface area contributed by atoms with Gasteiger partial charge < -0.3 is 25.8 Å². The standard InChI is InChI=1S/C30H30FN3O4/c1-19(32)28-27(30(38)33-23-10-6-3-7-11-23)26(20-8-4-2-5-9-20)29(21-12-14-22(31)15-13-21)34(28)17-16-24(35)18-25(36)37/h2-15,19,24,35H,16-18,32H2,1H3,(H,33,38)(H,36,37). The van der Waals surface area contributed by atoms with Crippen LogP contribution in [0.4, 0.5) is 10.1 Å². The van der Waals surface area contributed by atoms with Gasteiger partial charge in [-0.2, -0.15) is 0 Å². The maximum absolute atomic E-state index is 13.9. The van der Waals surface area contributed by atoms with E-state index in [0.29, 0.717) is 33.8 Å². The molecule has 0 radical (unpaired) electrons. The number of nitrogens with zero attached hydrogens (tertiary/aromatic N) is 1. The molecule has 0 fully saturated rings. The van der Waals surface area contributed by atoms with Gasteiger partial charge in [0, 0.05) is 29.5 Å². The average Bonchev–Trinajstić information content (AvgIpc) is 3.24. The summed E-state index contributed by atoms with van der Waals surface area (Å²) in [5.74, 6) is -1.88. The number of nitrogens with one attached hydrogen (secondary N) is 1. The lowest BCUT2D eigenvalue weighted by atomic mass is 9.95. The topological polar surface area (TPSA) is 118 Å². The van der Waals surface area contributed by atoms with Gasteiger partial charge >= 0.3 is 5.97 Å². The van der Waals surface area contributed by atoms with Crippen molar-refractivity contribution in [3.8, 4) is 22.4 Å². The fraction of sp³-hybridized carbons (Fsp3) is 0.200. The molecule has 196 valence electrons. The normalized spacial score (nSPS) is 12.6. The van der Waals surface area contributed by atoms with Crippen LogP contribution in [0.15, 0.2) is 84.9 Å². The van der Waals surface area contributed by atoms with Gasteiger partial charge in [-0.1, -0.05) is 48.5 Å². The van der Waals surface area contributed by atoms with Crippen molar-refractivity contribution in [2.45, 2.75) is 38.5 Å². The van der Waals surface area contributed by atoms with Gasteiger partial charge in [0.2, 0.25) is 0 Å². The van der Waals surface area contributed by atoms with Crippen LogP contribution >= 0.6 is 0 Å². The molecule has 1 aromatic heterocycles. The van der Waals surface area contributed by atoms with E-state index in [9.17, 15) is 19.1 Å². The van der Waals surface area contributed by atoms with E-state index < -0.39 is 30.4 Å². The first-order chi connectivity index (χ1) is 18.3. The Balaban J connectivity index is 1.98. The summed E-state index contributed by atoms with van der Waals surface area (Å²) in [6, 6.07) is 23.8. The molecule has 4 rings (SSSR count).